The van der Waals surface area contributed by atoms with Crippen LogP contribution in [0.2, 0.25) is 0 Å². The van der Waals surface area contributed by atoms with E-state index in [2.05, 4.69) is 10.6 Å². The Labute approximate surface area is 62.1 Å². The van der Waals surface area contributed by atoms with E-state index >= 15 is 0 Å². The third-order valence-corrected chi connectivity index (χ3v) is 1.65. The summed E-state index contributed by atoms with van der Waals surface area (Å²) < 4.78 is 5.45. The van der Waals surface area contributed by atoms with E-state index in [1.807, 2.05) is 7.05 Å². The molecule has 1 radical (unpaired) electrons. The van der Waals surface area contributed by atoms with Crippen LogP contribution in [0.25, 0.3) is 0 Å². The fourth-order valence-corrected chi connectivity index (χ4v) is 1.05. The quantitative estimate of drug-likeness (QED) is 0.583. The molecule has 1 N–H and O–H groups in total. The van der Waals surface area contributed by atoms with E-state index in [4.69, 9.17) is 4.74 Å². The van der Waals surface area contributed by atoms with E-state index in [1.54, 1.807) is 0 Å². The molecule has 3 heteroatoms. The van der Waals surface area contributed by atoms with Crippen LogP contribution in [0.15, 0.2) is 0 Å². The van der Waals surface area contributed by atoms with Gasteiger partial charge in [0.15, 0.2) is 0 Å². The van der Waals surface area contributed by atoms with Crippen molar-refractivity contribution in [2.75, 3.05) is 33.3 Å². The monoisotopic (exact) mass is 143 g/mol. The summed E-state index contributed by atoms with van der Waals surface area (Å²) in [5.74, 6) is 0. The Kier molecular flexibility index (Phi) is 3.72. The van der Waals surface area contributed by atoms with E-state index < -0.39 is 0 Å². The maximum absolute atomic E-state index is 5.45. The minimum absolute atomic E-state index is 0.376. The van der Waals surface area contributed by atoms with Gasteiger partial charge in [0.05, 0.1) is 12.7 Å². The van der Waals surface area contributed by atoms with Crippen LogP contribution in [0.4, 0.5) is 0 Å². The van der Waals surface area contributed by atoms with Crippen molar-refractivity contribution in [3.05, 3.63) is 0 Å². The second-order valence-corrected chi connectivity index (χ2v) is 2.51. The molecular formula is C7H15N2O. The normalized spacial score (nSPS) is 26.7. The molecule has 1 rings (SSSR count). The van der Waals surface area contributed by atoms with Crippen molar-refractivity contribution >= 4 is 0 Å². The fraction of sp³-hybridized carbons (Fsp3) is 1.00. The van der Waals surface area contributed by atoms with Gasteiger partial charge in [-0.2, -0.15) is 0 Å². The molecular weight excluding hydrogens is 128 g/mol. The Bertz CT molecular complexity index is 81.7. The molecule has 10 heavy (non-hydrogen) atoms. The highest BCUT2D eigenvalue weighted by molar-refractivity contribution is 4.66. The maximum Gasteiger partial charge on any atom is 0.0728 e. The Hall–Kier alpha value is -0.120. The Morgan fingerprint density at radius 3 is 3.20 bits per heavy atom. The topological polar surface area (TPSA) is 35.4 Å². The third-order valence-electron chi connectivity index (χ3n) is 1.65. The van der Waals surface area contributed by atoms with Gasteiger partial charge in [-0.25, -0.2) is 5.32 Å². The lowest BCUT2D eigenvalue weighted by Crippen LogP contribution is -2.35. The number of hydrogen-bond donors (Lipinski definition) is 1. The summed E-state index contributed by atoms with van der Waals surface area (Å²) in [7, 11) is 1.96. The van der Waals surface area contributed by atoms with Crippen LogP contribution in [0.3, 0.4) is 0 Å². The van der Waals surface area contributed by atoms with E-state index in [0.717, 1.165) is 32.7 Å². The van der Waals surface area contributed by atoms with E-state index in [9.17, 15) is 0 Å². The van der Waals surface area contributed by atoms with Gasteiger partial charge in [-0.05, 0) is 20.0 Å². The van der Waals surface area contributed by atoms with Crippen molar-refractivity contribution in [1.82, 2.24) is 10.6 Å². The molecule has 0 amide bonds. The minimum atomic E-state index is 0.376. The average Bonchev–Trinajstić information content (AvgIpc) is 2.03. The highest BCUT2D eigenvalue weighted by Crippen LogP contribution is 2.00. The SMILES string of the molecule is CNCCC1C[N]CCO1. The molecule has 0 aliphatic carbocycles. The summed E-state index contributed by atoms with van der Waals surface area (Å²) >= 11 is 0. The van der Waals surface area contributed by atoms with Crippen LogP contribution in [0.1, 0.15) is 6.42 Å². The molecule has 0 saturated carbocycles. The van der Waals surface area contributed by atoms with E-state index in [-0.39, 0.29) is 0 Å². The van der Waals surface area contributed by atoms with Gasteiger partial charge in [0.25, 0.3) is 0 Å². The average molecular weight is 143 g/mol. The van der Waals surface area contributed by atoms with Gasteiger partial charge in [0, 0.05) is 13.1 Å². The molecule has 1 unspecified atom stereocenters. The second-order valence-electron chi connectivity index (χ2n) is 2.51. The van der Waals surface area contributed by atoms with Gasteiger partial charge in [-0.15, -0.1) is 0 Å². The van der Waals surface area contributed by atoms with Gasteiger partial charge < -0.3 is 10.1 Å². The Balaban J connectivity index is 2.02. The first kappa shape index (κ1) is 7.98. The number of hydrogen-bond acceptors (Lipinski definition) is 2. The van der Waals surface area contributed by atoms with Crippen LogP contribution in [0.5, 0.6) is 0 Å². The van der Waals surface area contributed by atoms with Crippen molar-refractivity contribution in [3.63, 3.8) is 0 Å². The van der Waals surface area contributed by atoms with Crippen molar-refractivity contribution in [3.8, 4) is 0 Å². The molecule has 0 aromatic rings. The summed E-state index contributed by atoms with van der Waals surface area (Å²) in [6.45, 7) is 3.62. The lowest BCUT2D eigenvalue weighted by atomic mass is 10.2. The fourth-order valence-electron chi connectivity index (χ4n) is 1.05. The van der Waals surface area contributed by atoms with Crippen LogP contribution < -0.4 is 10.6 Å². The lowest BCUT2D eigenvalue weighted by molar-refractivity contribution is 0.0226. The first-order valence-corrected chi connectivity index (χ1v) is 3.83. The highest BCUT2D eigenvalue weighted by atomic mass is 16.5. The minimum Gasteiger partial charge on any atom is -0.375 e. The largest absolute Gasteiger partial charge is 0.375 e. The predicted octanol–water partition coefficient (Wildman–Crippen LogP) is -0.401. The summed E-state index contributed by atoms with van der Waals surface area (Å²) in [5.41, 5.74) is 0. The van der Waals surface area contributed by atoms with Crippen LogP contribution in [0, 0.1) is 0 Å². The van der Waals surface area contributed by atoms with Crippen LogP contribution in [-0.4, -0.2) is 39.4 Å². The molecule has 1 heterocycles. The molecule has 0 bridgehead atoms. The zero-order valence-corrected chi connectivity index (χ0v) is 6.47. The molecule has 0 aromatic carbocycles. The van der Waals surface area contributed by atoms with E-state index in [1.165, 1.54) is 0 Å². The third kappa shape index (κ3) is 2.64. The van der Waals surface area contributed by atoms with Crippen molar-refractivity contribution in [1.29, 1.82) is 0 Å². The van der Waals surface area contributed by atoms with Crippen molar-refractivity contribution in [2.45, 2.75) is 12.5 Å². The number of morpholine rings is 1. The molecule has 1 aliphatic rings. The smallest absolute Gasteiger partial charge is 0.0728 e. The van der Waals surface area contributed by atoms with Gasteiger partial charge in [0.2, 0.25) is 0 Å². The zero-order chi connectivity index (χ0) is 7.23. The zero-order valence-electron chi connectivity index (χ0n) is 6.47. The first-order valence-electron chi connectivity index (χ1n) is 3.83. The van der Waals surface area contributed by atoms with Crippen molar-refractivity contribution in [2.24, 2.45) is 0 Å². The molecule has 1 atom stereocenters. The predicted molar refractivity (Wildman–Crippen MR) is 40.2 cm³/mol. The van der Waals surface area contributed by atoms with Gasteiger partial charge in [-0.3, -0.25) is 0 Å². The van der Waals surface area contributed by atoms with Gasteiger partial charge >= 0.3 is 0 Å². The van der Waals surface area contributed by atoms with Crippen molar-refractivity contribution < 1.29 is 4.74 Å². The summed E-state index contributed by atoms with van der Waals surface area (Å²) in [6, 6.07) is 0. The molecule has 0 spiro atoms. The Morgan fingerprint density at radius 2 is 2.60 bits per heavy atom. The van der Waals surface area contributed by atoms with E-state index in [0.29, 0.717) is 6.10 Å². The van der Waals surface area contributed by atoms with Gasteiger partial charge in [0.1, 0.15) is 0 Å². The summed E-state index contributed by atoms with van der Waals surface area (Å²) in [4.78, 5) is 0. The first-order chi connectivity index (χ1) is 4.93. The molecule has 0 aromatic heterocycles. The number of nitrogens with one attached hydrogen (secondary N) is 1. The van der Waals surface area contributed by atoms with Crippen LogP contribution in [-0.2, 0) is 4.74 Å². The molecule has 1 aliphatic heterocycles. The van der Waals surface area contributed by atoms with Crippen LogP contribution >= 0.6 is 0 Å². The molecule has 59 valence electrons. The number of nitrogens with zero attached hydrogens (tertiary/aromatic N) is 1. The Morgan fingerprint density at radius 1 is 1.70 bits per heavy atom. The molecule has 1 saturated heterocycles. The standard InChI is InChI=1S/C7H15N2O/c1-8-3-2-7-6-9-4-5-10-7/h7-8H,2-6H2,1H3. The molecule has 3 nitrogen and oxygen atoms in total. The maximum atomic E-state index is 5.45. The summed E-state index contributed by atoms with van der Waals surface area (Å²) in [6.07, 6.45) is 1.46. The molecule has 1 fully saturated rings. The highest BCUT2D eigenvalue weighted by Gasteiger charge is 2.12. The number of rotatable bonds is 3. The summed E-state index contributed by atoms with van der Waals surface area (Å²) in [5, 5.41) is 7.35. The second kappa shape index (κ2) is 4.66. The lowest BCUT2D eigenvalue weighted by Gasteiger charge is -2.21. The van der Waals surface area contributed by atoms with Gasteiger partial charge in [-0.1, -0.05) is 0 Å². The number of ether oxygens (including phenoxy) is 1.